The minimum atomic E-state index is -0.173. The van der Waals surface area contributed by atoms with Crippen LogP contribution in [0.3, 0.4) is 0 Å². The van der Waals surface area contributed by atoms with E-state index in [0.717, 1.165) is 25.3 Å². The summed E-state index contributed by atoms with van der Waals surface area (Å²) in [6.07, 6.45) is 1.45. The molecule has 1 aliphatic heterocycles. The maximum Gasteiger partial charge on any atom is 0.306 e. The van der Waals surface area contributed by atoms with Crippen molar-refractivity contribution in [2.75, 3.05) is 26.8 Å². The summed E-state index contributed by atoms with van der Waals surface area (Å²) in [5.41, 5.74) is 1.27. The SMILES string of the molecule is COC(=O)CCNCC1COc2ccccc2C1. The van der Waals surface area contributed by atoms with Crippen molar-refractivity contribution >= 4 is 5.97 Å². The van der Waals surface area contributed by atoms with Crippen molar-refractivity contribution in [2.45, 2.75) is 12.8 Å². The van der Waals surface area contributed by atoms with Crippen LogP contribution in [-0.4, -0.2) is 32.8 Å². The molecule has 0 amide bonds. The number of nitrogens with one attached hydrogen (secondary N) is 1. The van der Waals surface area contributed by atoms with Crippen molar-refractivity contribution in [2.24, 2.45) is 5.92 Å². The fourth-order valence-corrected chi connectivity index (χ4v) is 2.12. The molecule has 1 aliphatic rings. The molecule has 1 aromatic rings. The number of esters is 1. The van der Waals surface area contributed by atoms with Crippen molar-refractivity contribution < 1.29 is 14.3 Å². The minimum Gasteiger partial charge on any atom is -0.493 e. The Labute approximate surface area is 107 Å². The summed E-state index contributed by atoms with van der Waals surface area (Å²) >= 11 is 0. The Morgan fingerprint density at radius 1 is 1.50 bits per heavy atom. The summed E-state index contributed by atoms with van der Waals surface area (Å²) < 4.78 is 10.3. The van der Waals surface area contributed by atoms with Crippen LogP contribution in [0.2, 0.25) is 0 Å². The van der Waals surface area contributed by atoms with Gasteiger partial charge in [-0.2, -0.15) is 0 Å². The van der Waals surface area contributed by atoms with Crippen molar-refractivity contribution in [1.29, 1.82) is 0 Å². The van der Waals surface area contributed by atoms with Crippen LogP contribution in [0.4, 0.5) is 0 Å². The summed E-state index contributed by atoms with van der Waals surface area (Å²) in [7, 11) is 1.41. The van der Waals surface area contributed by atoms with Crippen molar-refractivity contribution in [3.8, 4) is 5.75 Å². The zero-order valence-corrected chi connectivity index (χ0v) is 10.6. The predicted octanol–water partition coefficient (Wildman–Crippen LogP) is 1.39. The Morgan fingerprint density at radius 3 is 3.17 bits per heavy atom. The lowest BCUT2D eigenvalue weighted by Gasteiger charge is -2.25. The average Bonchev–Trinajstić information content (AvgIpc) is 2.43. The van der Waals surface area contributed by atoms with Gasteiger partial charge in [-0.15, -0.1) is 0 Å². The molecular weight excluding hydrogens is 230 g/mol. The molecule has 0 spiro atoms. The topological polar surface area (TPSA) is 47.6 Å². The van der Waals surface area contributed by atoms with Crippen LogP contribution in [-0.2, 0) is 16.0 Å². The van der Waals surface area contributed by atoms with Gasteiger partial charge >= 0.3 is 5.97 Å². The molecule has 1 heterocycles. The zero-order chi connectivity index (χ0) is 12.8. The van der Waals surface area contributed by atoms with Crippen molar-refractivity contribution in [3.63, 3.8) is 0 Å². The molecule has 0 aromatic heterocycles. The molecule has 1 aromatic carbocycles. The standard InChI is InChI=1S/C14H19NO3/c1-17-14(16)6-7-15-9-11-8-12-4-2-3-5-13(12)18-10-11/h2-5,11,15H,6-10H2,1H3. The molecule has 98 valence electrons. The van der Waals surface area contributed by atoms with Crippen LogP contribution in [0.1, 0.15) is 12.0 Å². The molecule has 0 bridgehead atoms. The van der Waals surface area contributed by atoms with Gasteiger partial charge in [0.05, 0.1) is 20.1 Å². The van der Waals surface area contributed by atoms with E-state index in [1.165, 1.54) is 12.7 Å². The van der Waals surface area contributed by atoms with E-state index < -0.39 is 0 Å². The Kier molecular flexibility index (Phi) is 4.59. The van der Waals surface area contributed by atoms with Crippen LogP contribution in [0.15, 0.2) is 24.3 Å². The molecule has 2 rings (SSSR count). The van der Waals surface area contributed by atoms with Crippen LogP contribution in [0.25, 0.3) is 0 Å². The largest absolute Gasteiger partial charge is 0.493 e. The van der Waals surface area contributed by atoms with E-state index in [9.17, 15) is 4.79 Å². The van der Waals surface area contributed by atoms with Gasteiger partial charge in [-0.25, -0.2) is 0 Å². The summed E-state index contributed by atoms with van der Waals surface area (Å²) in [6, 6.07) is 8.15. The van der Waals surface area contributed by atoms with Crippen LogP contribution in [0.5, 0.6) is 5.75 Å². The fourth-order valence-electron chi connectivity index (χ4n) is 2.12. The first-order valence-corrected chi connectivity index (χ1v) is 6.28. The summed E-state index contributed by atoms with van der Waals surface area (Å²) in [5.74, 6) is 1.30. The zero-order valence-electron chi connectivity index (χ0n) is 10.6. The van der Waals surface area contributed by atoms with Gasteiger partial charge in [0, 0.05) is 19.0 Å². The molecule has 1 N–H and O–H groups in total. The number of carbonyl (C=O) groups is 1. The highest BCUT2D eigenvalue weighted by molar-refractivity contribution is 5.69. The minimum absolute atomic E-state index is 0.173. The quantitative estimate of drug-likeness (QED) is 0.633. The predicted molar refractivity (Wildman–Crippen MR) is 68.6 cm³/mol. The van der Waals surface area contributed by atoms with Gasteiger partial charge in [0.15, 0.2) is 0 Å². The van der Waals surface area contributed by atoms with Gasteiger partial charge in [0.1, 0.15) is 5.75 Å². The Hall–Kier alpha value is -1.55. The third-order valence-corrected chi connectivity index (χ3v) is 3.12. The molecular formula is C14H19NO3. The number of methoxy groups -OCH3 is 1. The monoisotopic (exact) mass is 249 g/mol. The van der Waals surface area contributed by atoms with Gasteiger partial charge in [-0.1, -0.05) is 18.2 Å². The highest BCUT2D eigenvalue weighted by atomic mass is 16.5. The lowest BCUT2D eigenvalue weighted by Crippen LogP contribution is -2.32. The summed E-state index contributed by atoms with van der Waals surface area (Å²) in [5, 5.41) is 3.27. The molecule has 0 radical (unpaired) electrons. The normalized spacial score (nSPS) is 17.7. The first-order valence-electron chi connectivity index (χ1n) is 6.28. The number of ether oxygens (including phenoxy) is 2. The molecule has 1 unspecified atom stereocenters. The smallest absolute Gasteiger partial charge is 0.306 e. The van der Waals surface area contributed by atoms with Gasteiger partial charge < -0.3 is 14.8 Å². The second-order valence-electron chi connectivity index (χ2n) is 4.52. The molecule has 4 nitrogen and oxygen atoms in total. The first kappa shape index (κ1) is 12.9. The second-order valence-corrected chi connectivity index (χ2v) is 4.52. The van der Waals surface area contributed by atoms with Crippen LogP contribution >= 0.6 is 0 Å². The van der Waals surface area contributed by atoms with Gasteiger partial charge in [-0.3, -0.25) is 4.79 Å². The molecule has 0 fully saturated rings. The number of benzene rings is 1. The van der Waals surface area contributed by atoms with Gasteiger partial charge in [0.2, 0.25) is 0 Å². The third-order valence-electron chi connectivity index (χ3n) is 3.12. The fraction of sp³-hybridized carbons (Fsp3) is 0.500. The average molecular weight is 249 g/mol. The summed E-state index contributed by atoms with van der Waals surface area (Å²) in [6.45, 7) is 2.26. The Morgan fingerprint density at radius 2 is 2.33 bits per heavy atom. The molecule has 0 saturated carbocycles. The van der Waals surface area contributed by atoms with E-state index in [1.807, 2.05) is 18.2 Å². The molecule has 4 heteroatoms. The Bertz CT molecular complexity index is 406. The number of hydrogen-bond donors (Lipinski definition) is 1. The Balaban J connectivity index is 1.72. The van der Waals surface area contributed by atoms with Crippen LogP contribution in [0, 0.1) is 5.92 Å². The van der Waals surface area contributed by atoms with Gasteiger partial charge in [0.25, 0.3) is 0 Å². The van der Waals surface area contributed by atoms with E-state index in [-0.39, 0.29) is 5.97 Å². The maximum atomic E-state index is 10.9. The van der Waals surface area contributed by atoms with E-state index >= 15 is 0 Å². The molecule has 0 saturated heterocycles. The van der Waals surface area contributed by atoms with E-state index in [4.69, 9.17) is 4.74 Å². The lowest BCUT2D eigenvalue weighted by molar-refractivity contribution is -0.140. The number of fused-ring (bicyclic) bond motifs is 1. The van der Waals surface area contributed by atoms with E-state index in [1.54, 1.807) is 0 Å². The molecule has 18 heavy (non-hydrogen) atoms. The maximum absolute atomic E-state index is 10.9. The highest BCUT2D eigenvalue weighted by Crippen LogP contribution is 2.26. The molecule has 1 atom stereocenters. The second kappa shape index (κ2) is 6.40. The number of para-hydroxylation sites is 1. The third kappa shape index (κ3) is 3.47. The number of carbonyl (C=O) groups excluding carboxylic acids is 1. The number of rotatable bonds is 5. The molecule has 0 aliphatic carbocycles. The summed E-state index contributed by atoms with van der Waals surface area (Å²) in [4.78, 5) is 10.9. The number of hydrogen-bond acceptors (Lipinski definition) is 4. The van der Waals surface area contributed by atoms with E-state index in [2.05, 4.69) is 16.1 Å². The van der Waals surface area contributed by atoms with Crippen molar-refractivity contribution in [3.05, 3.63) is 29.8 Å². The lowest BCUT2D eigenvalue weighted by atomic mass is 9.97. The van der Waals surface area contributed by atoms with Crippen LogP contribution < -0.4 is 10.1 Å². The first-order chi connectivity index (χ1) is 8.79. The van der Waals surface area contributed by atoms with Gasteiger partial charge in [-0.05, 0) is 18.1 Å². The van der Waals surface area contributed by atoms with Crippen molar-refractivity contribution in [1.82, 2.24) is 5.32 Å². The highest BCUT2D eigenvalue weighted by Gasteiger charge is 2.18. The van der Waals surface area contributed by atoms with E-state index in [0.29, 0.717) is 18.9 Å².